The topological polar surface area (TPSA) is 68.2 Å². The third-order valence-electron chi connectivity index (χ3n) is 1.83. The van der Waals surface area contributed by atoms with Crippen molar-refractivity contribution in [2.75, 3.05) is 19.0 Å². The Bertz CT molecular complexity index is 269. The highest BCUT2D eigenvalue weighted by Gasteiger charge is 2.18. The quantitative estimate of drug-likeness (QED) is 0.752. The molecule has 0 aliphatic carbocycles. The maximum atomic E-state index is 5.84. The highest BCUT2D eigenvalue weighted by molar-refractivity contribution is 5.24. The third-order valence-corrected chi connectivity index (χ3v) is 1.83. The van der Waals surface area contributed by atoms with Crippen LogP contribution in [-0.2, 0) is 0 Å². The molecular formula is C8H16N4O. The summed E-state index contributed by atoms with van der Waals surface area (Å²) in [4.78, 5) is 5.93. The summed E-state index contributed by atoms with van der Waals surface area (Å²) in [6.45, 7) is 4.04. The molecular weight excluding hydrogens is 168 g/mol. The lowest BCUT2D eigenvalue weighted by Crippen LogP contribution is -2.17. The minimum absolute atomic E-state index is 0.179. The first-order valence-corrected chi connectivity index (χ1v) is 4.29. The van der Waals surface area contributed by atoms with Crippen molar-refractivity contribution in [3.8, 4) is 0 Å². The van der Waals surface area contributed by atoms with Gasteiger partial charge in [-0.2, -0.15) is 4.98 Å². The number of hydrogen-bond donors (Lipinski definition) is 1. The molecule has 1 aromatic rings. The van der Waals surface area contributed by atoms with Crippen LogP contribution in [0.25, 0.3) is 0 Å². The van der Waals surface area contributed by atoms with Gasteiger partial charge in [0.1, 0.15) is 0 Å². The van der Waals surface area contributed by atoms with E-state index in [2.05, 4.69) is 10.1 Å². The van der Waals surface area contributed by atoms with Gasteiger partial charge in [-0.3, -0.25) is 0 Å². The van der Waals surface area contributed by atoms with Gasteiger partial charge in [-0.15, -0.1) is 0 Å². The van der Waals surface area contributed by atoms with Gasteiger partial charge in [-0.1, -0.05) is 13.8 Å². The van der Waals surface area contributed by atoms with Crippen LogP contribution in [0.3, 0.4) is 0 Å². The molecule has 74 valence electrons. The number of nitrogens with two attached hydrogens (primary N) is 1. The maximum absolute atomic E-state index is 5.84. The van der Waals surface area contributed by atoms with Crippen molar-refractivity contribution in [2.45, 2.75) is 19.9 Å². The van der Waals surface area contributed by atoms with Crippen molar-refractivity contribution in [3.63, 3.8) is 0 Å². The Balaban J connectivity index is 2.79. The molecule has 1 atom stereocenters. The van der Waals surface area contributed by atoms with Gasteiger partial charge < -0.3 is 15.2 Å². The smallest absolute Gasteiger partial charge is 0.265 e. The second kappa shape index (κ2) is 3.74. The molecule has 2 N–H and O–H groups in total. The first kappa shape index (κ1) is 9.98. The molecule has 13 heavy (non-hydrogen) atoms. The van der Waals surface area contributed by atoms with Crippen molar-refractivity contribution in [1.82, 2.24) is 10.1 Å². The molecule has 1 rings (SSSR count). The molecule has 0 unspecified atom stereocenters. The first-order chi connectivity index (χ1) is 6.02. The molecule has 0 aromatic carbocycles. The lowest BCUT2D eigenvalue weighted by molar-refractivity contribution is 0.324. The minimum Gasteiger partial charge on any atom is -0.344 e. The summed E-state index contributed by atoms with van der Waals surface area (Å²) >= 11 is 0. The zero-order valence-electron chi connectivity index (χ0n) is 8.48. The fourth-order valence-electron chi connectivity index (χ4n) is 0.829. The Labute approximate surface area is 77.9 Å². The van der Waals surface area contributed by atoms with Gasteiger partial charge in [0, 0.05) is 14.1 Å². The molecule has 0 saturated carbocycles. The van der Waals surface area contributed by atoms with Gasteiger partial charge in [0.2, 0.25) is 5.89 Å². The minimum atomic E-state index is -0.179. The van der Waals surface area contributed by atoms with Crippen LogP contribution in [0.4, 0.5) is 5.95 Å². The van der Waals surface area contributed by atoms with E-state index in [1.807, 2.05) is 27.9 Å². The fourth-order valence-corrected chi connectivity index (χ4v) is 0.829. The molecule has 0 fully saturated rings. The summed E-state index contributed by atoms with van der Waals surface area (Å²) in [5.41, 5.74) is 5.84. The van der Waals surface area contributed by atoms with Gasteiger partial charge in [-0.05, 0) is 11.1 Å². The molecule has 1 aromatic heterocycles. The van der Waals surface area contributed by atoms with E-state index in [9.17, 15) is 0 Å². The van der Waals surface area contributed by atoms with E-state index in [-0.39, 0.29) is 6.04 Å². The van der Waals surface area contributed by atoms with E-state index >= 15 is 0 Å². The second-order valence-electron chi connectivity index (χ2n) is 3.60. The summed E-state index contributed by atoms with van der Waals surface area (Å²) in [7, 11) is 3.71. The number of aromatic nitrogens is 2. The van der Waals surface area contributed by atoms with Crippen LogP contribution >= 0.6 is 0 Å². The normalized spacial score (nSPS) is 13.4. The summed E-state index contributed by atoms with van der Waals surface area (Å²) in [5.74, 6) is 1.36. The predicted molar refractivity (Wildman–Crippen MR) is 50.4 cm³/mol. The predicted octanol–water partition coefficient (Wildman–Crippen LogP) is 0.791. The Kier molecular flexibility index (Phi) is 2.87. The second-order valence-corrected chi connectivity index (χ2v) is 3.60. The number of rotatable bonds is 3. The molecule has 0 aliphatic heterocycles. The van der Waals surface area contributed by atoms with Gasteiger partial charge in [-0.25, -0.2) is 0 Å². The molecule has 0 bridgehead atoms. The van der Waals surface area contributed by atoms with E-state index in [0.29, 0.717) is 17.8 Å². The van der Waals surface area contributed by atoms with E-state index in [1.54, 1.807) is 4.90 Å². The molecule has 0 aliphatic rings. The maximum Gasteiger partial charge on any atom is 0.265 e. The zero-order valence-corrected chi connectivity index (χ0v) is 8.48. The molecule has 0 spiro atoms. The largest absolute Gasteiger partial charge is 0.344 e. The van der Waals surface area contributed by atoms with Gasteiger partial charge in [0.15, 0.2) is 0 Å². The van der Waals surface area contributed by atoms with Crippen LogP contribution in [0.1, 0.15) is 25.8 Å². The summed E-state index contributed by atoms with van der Waals surface area (Å²) in [6.07, 6.45) is 0. The highest BCUT2D eigenvalue weighted by Crippen LogP contribution is 2.18. The van der Waals surface area contributed by atoms with Crippen molar-refractivity contribution in [1.29, 1.82) is 0 Å². The third kappa shape index (κ3) is 2.18. The van der Waals surface area contributed by atoms with Gasteiger partial charge in [0.05, 0.1) is 6.04 Å². The number of hydrogen-bond acceptors (Lipinski definition) is 5. The van der Waals surface area contributed by atoms with Crippen LogP contribution in [0, 0.1) is 5.92 Å². The molecule has 0 amide bonds. The van der Waals surface area contributed by atoms with Crippen LogP contribution in [0.15, 0.2) is 4.52 Å². The van der Waals surface area contributed by atoms with Crippen LogP contribution in [0.2, 0.25) is 0 Å². The Morgan fingerprint density at radius 1 is 1.38 bits per heavy atom. The molecule has 0 radical (unpaired) electrons. The lowest BCUT2D eigenvalue weighted by atomic mass is 10.1. The van der Waals surface area contributed by atoms with Crippen LogP contribution in [0.5, 0.6) is 0 Å². The van der Waals surface area contributed by atoms with Crippen LogP contribution in [-0.4, -0.2) is 24.2 Å². The first-order valence-electron chi connectivity index (χ1n) is 4.29. The summed E-state index contributed by atoms with van der Waals surface area (Å²) in [5, 5.41) is 3.78. The Morgan fingerprint density at radius 3 is 2.38 bits per heavy atom. The van der Waals surface area contributed by atoms with E-state index in [4.69, 9.17) is 10.3 Å². The zero-order chi connectivity index (χ0) is 10.0. The Morgan fingerprint density at radius 2 is 2.00 bits per heavy atom. The summed E-state index contributed by atoms with van der Waals surface area (Å²) < 4.78 is 5.02. The van der Waals surface area contributed by atoms with Crippen molar-refractivity contribution in [3.05, 3.63) is 5.89 Å². The highest BCUT2D eigenvalue weighted by atomic mass is 16.5. The number of anilines is 1. The molecule has 5 heteroatoms. The average Bonchev–Trinajstić information content (AvgIpc) is 2.50. The van der Waals surface area contributed by atoms with E-state index in [0.717, 1.165) is 0 Å². The van der Waals surface area contributed by atoms with Crippen LogP contribution < -0.4 is 10.6 Å². The molecule has 5 nitrogen and oxygen atoms in total. The van der Waals surface area contributed by atoms with Crippen molar-refractivity contribution < 1.29 is 4.52 Å². The van der Waals surface area contributed by atoms with Gasteiger partial charge in [0.25, 0.3) is 5.95 Å². The fraction of sp³-hybridized carbons (Fsp3) is 0.750. The van der Waals surface area contributed by atoms with Gasteiger partial charge >= 0.3 is 0 Å². The Hall–Kier alpha value is -1.10. The molecule has 0 saturated heterocycles. The van der Waals surface area contributed by atoms with Crippen molar-refractivity contribution in [2.24, 2.45) is 11.7 Å². The van der Waals surface area contributed by atoms with Crippen molar-refractivity contribution >= 4 is 5.95 Å². The van der Waals surface area contributed by atoms with E-state index < -0.39 is 0 Å². The molecule has 1 heterocycles. The lowest BCUT2D eigenvalue weighted by Gasteiger charge is -2.09. The SMILES string of the molecule is CC(C)[C@H](N)c1nc(N(C)C)no1. The number of nitrogens with zero attached hydrogens (tertiary/aromatic N) is 3. The van der Waals surface area contributed by atoms with E-state index in [1.165, 1.54) is 0 Å². The standard InChI is InChI=1S/C8H16N4O/c1-5(2)6(9)7-10-8(11-13-7)12(3)4/h5-6H,9H2,1-4H3/t6-/m0/s1. The average molecular weight is 184 g/mol. The monoisotopic (exact) mass is 184 g/mol. The summed E-state index contributed by atoms with van der Waals surface area (Å²) in [6, 6.07) is -0.179.